The molecule has 0 spiro atoms. The predicted molar refractivity (Wildman–Crippen MR) is 101 cm³/mol. The van der Waals surface area contributed by atoms with Gasteiger partial charge in [0.15, 0.2) is 17.3 Å². The Morgan fingerprint density at radius 3 is 2.80 bits per heavy atom. The Morgan fingerprint density at radius 1 is 1.24 bits per heavy atom. The highest BCUT2D eigenvalue weighted by molar-refractivity contribution is 7.98. The lowest BCUT2D eigenvalue weighted by molar-refractivity contribution is 0.104. The highest BCUT2D eigenvalue weighted by Gasteiger charge is 2.16. The third-order valence-electron chi connectivity index (χ3n) is 3.71. The van der Waals surface area contributed by atoms with Crippen LogP contribution in [0.15, 0.2) is 41.3 Å². The zero-order chi connectivity index (χ0) is 17.8. The first-order valence-electron chi connectivity index (χ1n) is 7.66. The monoisotopic (exact) mass is 376 g/mol. The number of carbonyl (C=O) groups excluding carboxylic acids is 1. The first-order chi connectivity index (χ1) is 12.1. The molecule has 0 saturated heterocycles. The second-order valence-corrected chi connectivity index (χ2v) is 6.55. The number of thioether (sulfide) groups is 1. The summed E-state index contributed by atoms with van der Waals surface area (Å²) in [6.45, 7) is 0.964. The van der Waals surface area contributed by atoms with Gasteiger partial charge in [-0.3, -0.25) is 4.79 Å². The van der Waals surface area contributed by atoms with Gasteiger partial charge in [0.05, 0.1) is 12.1 Å². The van der Waals surface area contributed by atoms with E-state index in [0.29, 0.717) is 41.0 Å². The molecule has 1 aliphatic rings. The van der Waals surface area contributed by atoms with Crippen molar-refractivity contribution in [1.29, 1.82) is 0 Å². The van der Waals surface area contributed by atoms with Crippen molar-refractivity contribution in [3.05, 3.63) is 52.6 Å². The van der Waals surface area contributed by atoms with Crippen molar-refractivity contribution < 1.29 is 19.0 Å². The molecule has 4 nitrogen and oxygen atoms in total. The van der Waals surface area contributed by atoms with Gasteiger partial charge >= 0.3 is 0 Å². The van der Waals surface area contributed by atoms with Crippen molar-refractivity contribution in [1.82, 2.24) is 0 Å². The molecule has 25 heavy (non-hydrogen) atoms. The molecular formula is C19H17ClO4S. The summed E-state index contributed by atoms with van der Waals surface area (Å²) < 4.78 is 16.4. The first kappa shape index (κ1) is 17.7. The van der Waals surface area contributed by atoms with Gasteiger partial charge in [-0.15, -0.1) is 11.8 Å². The number of hydrogen-bond acceptors (Lipinski definition) is 5. The Bertz CT molecular complexity index is 832. The molecule has 0 atom stereocenters. The Kier molecular flexibility index (Phi) is 5.56. The maximum absolute atomic E-state index is 12.4. The van der Waals surface area contributed by atoms with Crippen LogP contribution in [0.4, 0.5) is 0 Å². The molecule has 0 aliphatic carbocycles. The van der Waals surface area contributed by atoms with E-state index in [9.17, 15) is 4.79 Å². The van der Waals surface area contributed by atoms with Gasteiger partial charge in [-0.05, 0) is 48.2 Å². The third kappa shape index (κ3) is 3.94. The Morgan fingerprint density at radius 2 is 2.04 bits per heavy atom. The smallest absolute Gasteiger partial charge is 0.185 e. The van der Waals surface area contributed by atoms with Crippen LogP contribution >= 0.6 is 23.4 Å². The van der Waals surface area contributed by atoms with Gasteiger partial charge in [-0.2, -0.15) is 0 Å². The molecule has 2 aromatic rings. The minimum Gasteiger partial charge on any atom is -0.496 e. The van der Waals surface area contributed by atoms with Gasteiger partial charge in [-0.25, -0.2) is 0 Å². The van der Waals surface area contributed by atoms with E-state index < -0.39 is 0 Å². The molecule has 0 unspecified atom stereocenters. The van der Waals surface area contributed by atoms with Crippen molar-refractivity contribution >= 4 is 35.2 Å². The molecule has 130 valence electrons. The van der Waals surface area contributed by atoms with E-state index in [0.717, 1.165) is 10.5 Å². The number of ketones is 1. The van der Waals surface area contributed by atoms with E-state index in [2.05, 4.69) is 0 Å². The standard InChI is InChI=1S/C19H17ClO4S/c1-22-16-11-13(4-6-18(16)25-2)15(21)5-3-12-9-14(20)19-17(10-12)23-7-8-24-19/h3-6,9-11H,7-8H2,1-2H3. The number of benzene rings is 2. The quantitative estimate of drug-likeness (QED) is 0.428. The zero-order valence-corrected chi connectivity index (χ0v) is 15.4. The van der Waals surface area contributed by atoms with Gasteiger partial charge < -0.3 is 14.2 Å². The fourth-order valence-electron chi connectivity index (χ4n) is 2.48. The van der Waals surface area contributed by atoms with Crippen LogP contribution in [-0.2, 0) is 0 Å². The molecule has 1 aliphatic heterocycles. The first-order valence-corrected chi connectivity index (χ1v) is 9.26. The second-order valence-electron chi connectivity index (χ2n) is 5.29. The topological polar surface area (TPSA) is 44.8 Å². The van der Waals surface area contributed by atoms with Crippen LogP contribution in [0, 0.1) is 0 Å². The van der Waals surface area contributed by atoms with Crippen LogP contribution in [0.2, 0.25) is 5.02 Å². The Hall–Kier alpha value is -2.11. The third-order valence-corrected chi connectivity index (χ3v) is 4.77. The average molecular weight is 377 g/mol. The molecule has 2 aromatic carbocycles. The summed E-state index contributed by atoms with van der Waals surface area (Å²) in [6, 6.07) is 8.97. The summed E-state index contributed by atoms with van der Waals surface area (Å²) in [5.74, 6) is 1.72. The minimum absolute atomic E-state index is 0.114. The predicted octanol–water partition coefficient (Wildman–Crippen LogP) is 4.74. The van der Waals surface area contributed by atoms with Crippen molar-refractivity contribution in [3.8, 4) is 17.2 Å². The van der Waals surface area contributed by atoms with E-state index in [1.54, 1.807) is 43.1 Å². The number of methoxy groups -OCH3 is 1. The summed E-state index contributed by atoms with van der Waals surface area (Å²) in [6.07, 6.45) is 5.18. The van der Waals surface area contributed by atoms with Gasteiger partial charge in [0.1, 0.15) is 19.0 Å². The number of carbonyl (C=O) groups is 1. The van der Waals surface area contributed by atoms with E-state index in [1.165, 1.54) is 6.08 Å². The summed E-state index contributed by atoms with van der Waals surface area (Å²) in [5.41, 5.74) is 1.34. The normalized spacial score (nSPS) is 13.1. The molecule has 0 bridgehead atoms. The Labute approximate surface area is 155 Å². The van der Waals surface area contributed by atoms with Crippen molar-refractivity contribution in [3.63, 3.8) is 0 Å². The molecule has 0 radical (unpaired) electrons. The lowest BCUT2D eigenvalue weighted by atomic mass is 10.1. The molecule has 0 saturated carbocycles. The maximum Gasteiger partial charge on any atom is 0.185 e. The molecular weight excluding hydrogens is 360 g/mol. The fourth-order valence-corrected chi connectivity index (χ4v) is 3.31. The maximum atomic E-state index is 12.4. The molecule has 0 N–H and O–H groups in total. The van der Waals surface area contributed by atoms with Crippen molar-refractivity contribution in [2.45, 2.75) is 4.90 Å². The van der Waals surface area contributed by atoms with Crippen LogP contribution < -0.4 is 14.2 Å². The summed E-state index contributed by atoms with van der Waals surface area (Å²) in [7, 11) is 1.59. The highest BCUT2D eigenvalue weighted by Crippen LogP contribution is 2.38. The molecule has 3 rings (SSSR count). The van der Waals surface area contributed by atoms with Gasteiger partial charge in [0.2, 0.25) is 0 Å². The van der Waals surface area contributed by atoms with Crippen LogP contribution in [0.3, 0.4) is 0 Å². The van der Waals surface area contributed by atoms with Crippen molar-refractivity contribution in [2.75, 3.05) is 26.6 Å². The second kappa shape index (κ2) is 7.85. The average Bonchev–Trinajstić information content (AvgIpc) is 2.65. The van der Waals surface area contributed by atoms with Crippen LogP contribution in [-0.4, -0.2) is 32.4 Å². The summed E-state index contributed by atoms with van der Waals surface area (Å²) in [4.78, 5) is 13.4. The number of ether oxygens (including phenoxy) is 3. The molecule has 0 amide bonds. The van der Waals surface area contributed by atoms with E-state index in [-0.39, 0.29) is 5.78 Å². The molecule has 0 fully saturated rings. The summed E-state index contributed by atoms with van der Waals surface area (Å²) in [5, 5.41) is 0.468. The fraction of sp³-hybridized carbons (Fsp3) is 0.211. The lowest BCUT2D eigenvalue weighted by Gasteiger charge is -2.19. The minimum atomic E-state index is -0.114. The number of allylic oxidation sites excluding steroid dienone is 1. The molecule has 6 heteroatoms. The van der Waals surface area contributed by atoms with E-state index in [4.69, 9.17) is 25.8 Å². The van der Waals surface area contributed by atoms with E-state index >= 15 is 0 Å². The van der Waals surface area contributed by atoms with Crippen molar-refractivity contribution in [2.24, 2.45) is 0 Å². The Balaban J connectivity index is 1.82. The van der Waals surface area contributed by atoms with E-state index in [1.807, 2.05) is 18.4 Å². The van der Waals surface area contributed by atoms with Gasteiger partial charge in [0.25, 0.3) is 0 Å². The number of rotatable bonds is 5. The number of fused-ring (bicyclic) bond motifs is 1. The molecule has 0 aromatic heterocycles. The number of halogens is 1. The lowest BCUT2D eigenvalue weighted by Crippen LogP contribution is -2.15. The van der Waals surface area contributed by atoms with Gasteiger partial charge in [-0.1, -0.05) is 17.7 Å². The van der Waals surface area contributed by atoms with Gasteiger partial charge in [0, 0.05) is 10.5 Å². The van der Waals surface area contributed by atoms with Crippen LogP contribution in [0.5, 0.6) is 17.2 Å². The molecule has 1 heterocycles. The zero-order valence-electron chi connectivity index (χ0n) is 13.9. The van der Waals surface area contributed by atoms with Crippen LogP contribution in [0.1, 0.15) is 15.9 Å². The summed E-state index contributed by atoms with van der Waals surface area (Å²) >= 11 is 7.78. The SMILES string of the molecule is COc1cc(C(=O)C=Cc2cc(Cl)c3c(c2)OCCO3)ccc1SC. The largest absolute Gasteiger partial charge is 0.496 e. The highest BCUT2D eigenvalue weighted by atomic mass is 35.5. The van der Waals surface area contributed by atoms with Crippen LogP contribution in [0.25, 0.3) is 6.08 Å². The number of hydrogen-bond donors (Lipinski definition) is 0.